The van der Waals surface area contributed by atoms with E-state index in [2.05, 4.69) is 30.3 Å². The molecule has 0 unspecified atom stereocenters. The Bertz CT molecular complexity index is 989. The first-order valence-corrected chi connectivity index (χ1v) is 9.00. The minimum absolute atomic E-state index is 0.156. The Labute approximate surface area is 156 Å². The fourth-order valence-corrected chi connectivity index (χ4v) is 3.45. The zero-order valence-electron chi connectivity index (χ0n) is 15.4. The van der Waals surface area contributed by atoms with Crippen molar-refractivity contribution in [2.45, 2.75) is 33.1 Å². The van der Waals surface area contributed by atoms with E-state index in [-0.39, 0.29) is 18.3 Å². The number of carbonyl (C=O) groups is 1. The van der Waals surface area contributed by atoms with Crippen LogP contribution in [0.15, 0.2) is 18.3 Å². The molecular weight excluding hydrogens is 344 g/mol. The van der Waals surface area contributed by atoms with Gasteiger partial charge in [0.25, 0.3) is 5.78 Å². The number of rotatable bonds is 4. The van der Waals surface area contributed by atoms with Crippen molar-refractivity contribution in [1.29, 1.82) is 0 Å². The minimum atomic E-state index is -0.156. The maximum atomic E-state index is 12.5. The lowest BCUT2D eigenvalue weighted by Gasteiger charge is -2.17. The number of aryl methyl sites for hydroxylation is 2. The molecule has 4 heterocycles. The van der Waals surface area contributed by atoms with Crippen molar-refractivity contribution in [3.8, 4) is 0 Å². The van der Waals surface area contributed by atoms with Gasteiger partial charge in [-0.1, -0.05) is 0 Å². The molecule has 9 nitrogen and oxygen atoms in total. The van der Waals surface area contributed by atoms with Gasteiger partial charge in [-0.2, -0.15) is 9.50 Å². The quantitative estimate of drug-likeness (QED) is 0.719. The smallest absolute Gasteiger partial charge is 0.254 e. The van der Waals surface area contributed by atoms with Crippen molar-refractivity contribution in [3.63, 3.8) is 0 Å². The van der Waals surface area contributed by atoms with Gasteiger partial charge in [-0.25, -0.2) is 9.97 Å². The summed E-state index contributed by atoms with van der Waals surface area (Å²) in [6.07, 6.45) is 4.42. The van der Waals surface area contributed by atoms with Crippen LogP contribution in [0.1, 0.15) is 29.8 Å². The number of nitrogens with zero attached hydrogens (tertiary/aromatic N) is 6. The molecule has 9 heteroatoms. The number of fused-ring (bicyclic) bond motifs is 1. The van der Waals surface area contributed by atoms with Crippen LogP contribution < -0.4 is 16.0 Å². The number of carbonyl (C=O) groups excluding carboxylic acids is 1. The number of anilines is 3. The molecule has 27 heavy (non-hydrogen) atoms. The van der Waals surface area contributed by atoms with Gasteiger partial charge in [-0.15, -0.1) is 5.10 Å². The van der Waals surface area contributed by atoms with Crippen molar-refractivity contribution in [2.24, 2.45) is 0 Å². The molecule has 0 spiro atoms. The second-order valence-electron chi connectivity index (χ2n) is 6.76. The molecule has 1 amide bonds. The molecule has 3 aromatic heterocycles. The van der Waals surface area contributed by atoms with Gasteiger partial charge in [-0.3, -0.25) is 4.79 Å². The van der Waals surface area contributed by atoms with E-state index in [9.17, 15) is 4.79 Å². The summed E-state index contributed by atoms with van der Waals surface area (Å²) in [5.74, 6) is 0.980. The number of nitrogen functional groups attached to an aromatic ring is 1. The largest absolute Gasteiger partial charge is 0.370 e. The van der Waals surface area contributed by atoms with E-state index < -0.39 is 0 Å². The van der Waals surface area contributed by atoms with Crippen LogP contribution in [-0.2, 0) is 11.2 Å². The predicted molar refractivity (Wildman–Crippen MR) is 103 cm³/mol. The van der Waals surface area contributed by atoms with Crippen molar-refractivity contribution in [2.75, 3.05) is 29.0 Å². The molecule has 1 aliphatic heterocycles. The number of pyridine rings is 1. The van der Waals surface area contributed by atoms with Crippen molar-refractivity contribution >= 4 is 29.1 Å². The molecule has 0 saturated carbocycles. The topological polar surface area (TPSA) is 114 Å². The number of aromatic nitrogens is 5. The van der Waals surface area contributed by atoms with Crippen LogP contribution >= 0.6 is 0 Å². The zero-order valence-corrected chi connectivity index (χ0v) is 15.4. The molecule has 0 radical (unpaired) electrons. The SMILES string of the molecule is Cc1nc2nc(N)nn2c(C)c1CC(=O)Nc1ccc(N2CCCC2)cn1. The summed E-state index contributed by atoms with van der Waals surface area (Å²) in [5, 5.41) is 6.97. The zero-order chi connectivity index (χ0) is 19.0. The molecule has 0 aromatic carbocycles. The lowest BCUT2D eigenvalue weighted by molar-refractivity contribution is -0.115. The molecule has 0 atom stereocenters. The third kappa shape index (κ3) is 3.40. The normalized spacial score (nSPS) is 14.1. The summed E-state index contributed by atoms with van der Waals surface area (Å²) >= 11 is 0. The average molecular weight is 366 g/mol. The monoisotopic (exact) mass is 366 g/mol. The van der Waals surface area contributed by atoms with E-state index in [4.69, 9.17) is 5.73 Å². The molecule has 0 bridgehead atoms. The van der Waals surface area contributed by atoms with Crippen LogP contribution in [0, 0.1) is 13.8 Å². The minimum Gasteiger partial charge on any atom is -0.370 e. The van der Waals surface area contributed by atoms with E-state index in [0.717, 1.165) is 35.7 Å². The summed E-state index contributed by atoms with van der Waals surface area (Å²) in [5.41, 5.74) is 9.08. The van der Waals surface area contributed by atoms with Crippen molar-refractivity contribution in [3.05, 3.63) is 35.3 Å². The van der Waals surface area contributed by atoms with E-state index in [1.165, 1.54) is 12.8 Å². The molecule has 1 saturated heterocycles. The molecular formula is C18H22N8O. The first-order valence-electron chi connectivity index (χ1n) is 9.00. The number of nitrogens with one attached hydrogen (secondary N) is 1. The summed E-state index contributed by atoms with van der Waals surface area (Å²) in [4.78, 5) is 27.6. The molecule has 3 N–H and O–H groups in total. The van der Waals surface area contributed by atoms with Gasteiger partial charge >= 0.3 is 0 Å². The van der Waals surface area contributed by atoms with E-state index in [1.807, 2.05) is 32.2 Å². The first-order chi connectivity index (χ1) is 13.0. The van der Waals surface area contributed by atoms with Crippen molar-refractivity contribution < 1.29 is 4.79 Å². The van der Waals surface area contributed by atoms with Gasteiger partial charge in [0.2, 0.25) is 11.9 Å². The van der Waals surface area contributed by atoms with Crippen LogP contribution in [0.2, 0.25) is 0 Å². The highest BCUT2D eigenvalue weighted by molar-refractivity contribution is 5.91. The van der Waals surface area contributed by atoms with Gasteiger partial charge in [0.1, 0.15) is 5.82 Å². The van der Waals surface area contributed by atoms with E-state index >= 15 is 0 Å². The van der Waals surface area contributed by atoms with Gasteiger partial charge in [0, 0.05) is 30.0 Å². The Morgan fingerprint density at radius 3 is 2.70 bits per heavy atom. The van der Waals surface area contributed by atoms with Crippen molar-refractivity contribution in [1.82, 2.24) is 24.6 Å². The lowest BCUT2D eigenvalue weighted by Crippen LogP contribution is -2.19. The van der Waals surface area contributed by atoms with E-state index in [1.54, 1.807) is 4.52 Å². The van der Waals surface area contributed by atoms with E-state index in [0.29, 0.717) is 11.6 Å². The summed E-state index contributed by atoms with van der Waals surface area (Å²) in [6, 6.07) is 3.83. The first kappa shape index (κ1) is 17.2. The number of hydrogen-bond donors (Lipinski definition) is 2. The highest BCUT2D eigenvalue weighted by atomic mass is 16.1. The maximum absolute atomic E-state index is 12.5. The van der Waals surface area contributed by atoms with Gasteiger partial charge in [-0.05, 0) is 38.8 Å². The Balaban J connectivity index is 1.48. The van der Waals surface area contributed by atoms with Crippen LogP contribution in [-0.4, -0.2) is 43.6 Å². The Morgan fingerprint density at radius 2 is 2.00 bits per heavy atom. The molecule has 3 aromatic rings. The fourth-order valence-electron chi connectivity index (χ4n) is 3.45. The summed E-state index contributed by atoms with van der Waals surface area (Å²) < 4.78 is 1.56. The third-order valence-corrected chi connectivity index (χ3v) is 4.89. The summed E-state index contributed by atoms with van der Waals surface area (Å²) in [7, 11) is 0. The molecule has 0 aliphatic carbocycles. The molecule has 4 rings (SSSR count). The molecule has 1 aliphatic rings. The van der Waals surface area contributed by atoms with Crippen LogP contribution in [0.25, 0.3) is 5.78 Å². The van der Waals surface area contributed by atoms with Gasteiger partial charge < -0.3 is 16.0 Å². The lowest BCUT2D eigenvalue weighted by atomic mass is 10.1. The highest BCUT2D eigenvalue weighted by Crippen LogP contribution is 2.20. The number of nitrogens with two attached hydrogens (primary N) is 1. The predicted octanol–water partition coefficient (Wildman–Crippen LogP) is 1.50. The average Bonchev–Trinajstić information content (AvgIpc) is 3.29. The Morgan fingerprint density at radius 1 is 1.22 bits per heavy atom. The van der Waals surface area contributed by atoms with Crippen LogP contribution in [0.5, 0.6) is 0 Å². The summed E-state index contributed by atoms with van der Waals surface area (Å²) in [6.45, 7) is 5.85. The van der Waals surface area contributed by atoms with Crippen LogP contribution in [0.3, 0.4) is 0 Å². The second kappa shape index (κ2) is 6.82. The van der Waals surface area contributed by atoms with Gasteiger partial charge in [0.15, 0.2) is 0 Å². The molecule has 1 fully saturated rings. The number of hydrogen-bond acceptors (Lipinski definition) is 7. The second-order valence-corrected chi connectivity index (χ2v) is 6.76. The standard InChI is InChI=1S/C18H22N8O/c1-11-14(12(2)26-18(21-11)23-17(19)24-26)9-16(27)22-15-6-5-13(10-20-15)25-7-3-4-8-25/h5-6,10H,3-4,7-9H2,1-2H3,(H2,19,24)(H,20,22,27). The van der Waals surface area contributed by atoms with Crippen LogP contribution in [0.4, 0.5) is 17.5 Å². The maximum Gasteiger partial charge on any atom is 0.254 e. The molecule has 140 valence electrons. The Hall–Kier alpha value is -3.23. The Kier molecular flexibility index (Phi) is 4.35. The highest BCUT2D eigenvalue weighted by Gasteiger charge is 2.16. The fraction of sp³-hybridized carbons (Fsp3) is 0.389. The number of amides is 1. The van der Waals surface area contributed by atoms with Gasteiger partial charge in [0.05, 0.1) is 18.3 Å². The third-order valence-electron chi connectivity index (χ3n) is 4.89.